The first kappa shape index (κ1) is 18.5. The number of benzene rings is 1. The Hall–Kier alpha value is -2.33. The van der Waals surface area contributed by atoms with Crippen LogP contribution in [0, 0.1) is 5.92 Å². The van der Waals surface area contributed by atoms with Crippen LogP contribution in [0.3, 0.4) is 0 Å². The number of rotatable bonds is 7. The van der Waals surface area contributed by atoms with Crippen molar-refractivity contribution in [2.24, 2.45) is 5.92 Å². The number of pyridine rings is 1. The molecule has 0 atom stereocenters. The summed E-state index contributed by atoms with van der Waals surface area (Å²) in [6.45, 7) is 13.9. The second-order valence-electron chi connectivity index (χ2n) is 7.49. The number of hydrogen-bond acceptors (Lipinski definition) is 4. The van der Waals surface area contributed by atoms with Crippen molar-refractivity contribution in [3.05, 3.63) is 72.3 Å². The van der Waals surface area contributed by atoms with Gasteiger partial charge in [-0.25, -0.2) is 0 Å². The Bertz CT molecular complexity index is 703. The molecule has 0 radical (unpaired) electrons. The molecule has 0 aliphatic carbocycles. The molecule has 0 saturated carbocycles. The van der Waals surface area contributed by atoms with E-state index in [0.717, 1.165) is 50.7 Å². The largest absolute Gasteiger partial charge is 0.356 e. The first-order valence-corrected chi connectivity index (χ1v) is 9.51. The van der Waals surface area contributed by atoms with E-state index in [2.05, 4.69) is 76.9 Å². The first-order valence-electron chi connectivity index (χ1n) is 9.51. The zero-order valence-corrected chi connectivity index (χ0v) is 16.0. The molecule has 0 amide bonds. The first-order chi connectivity index (χ1) is 12.6. The Kier molecular flexibility index (Phi) is 6.29. The summed E-state index contributed by atoms with van der Waals surface area (Å²) in [6, 6.07) is 12.9. The van der Waals surface area contributed by atoms with E-state index in [9.17, 15) is 0 Å². The number of piperazine rings is 1. The van der Waals surface area contributed by atoms with Crippen molar-refractivity contribution in [3.8, 4) is 0 Å². The molecule has 3 rings (SSSR count). The van der Waals surface area contributed by atoms with Crippen LogP contribution in [0.1, 0.15) is 25.0 Å². The SMILES string of the molecule is C=C(Nc1cccc(CC(C)C)c1)N1CCN(Cc2ccncc2)CC1. The van der Waals surface area contributed by atoms with Crippen molar-refractivity contribution >= 4 is 5.69 Å². The van der Waals surface area contributed by atoms with Gasteiger partial charge in [0.1, 0.15) is 0 Å². The van der Waals surface area contributed by atoms with E-state index in [1.54, 1.807) is 0 Å². The topological polar surface area (TPSA) is 31.4 Å². The normalized spacial score (nSPS) is 15.3. The Labute approximate surface area is 157 Å². The Morgan fingerprint density at radius 2 is 1.81 bits per heavy atom. The molecule has 1 aromatic heterocycles. The van der Waals surface area contributed by atoms with Gasteiger partial charge in [-0.05, 0) is 47.7 Å². The minimum absolute atomic E-state index is 0.668. The van der Waals surface area contributed by atoms with Gasteiger partial charge in [-0.2, -0.15) is 0 Å². The number of nitrogens with zero attached hydrogens (tertiary/aromatic N) is 3. The molecule has 4 nitrogen and oxygen atoms in total. The van der Waals surface area contributed by atoms with Crippen LogP contribution in [0.15, 0.2) is 61.2 Å². The zero-order chi connectivity index (χ0) is 18.4. The molecule has 0 bridgehead atoms. The summed E-state index contributed by atoms with van der Waals surface area (Å²) >= 11 is 0. The molecule has 1 fully saturated rings. The maximum absolute atomic E-state index is 4.26. The lowest BCUT2D eigenvalue weighted by molar-refractivity contribution is 0.154. The van der Waals surface area contributed by atoms with Gasteiger partial charge in [-0.15, -0.1) is 0 Å². The van der Waals surface area contributed by atoms with Crippen LogP contribution in [0.5, 0.6) is 0 Å². The molecule has 1 N–H and O–H groups in total. The molecular formula is C22H30N4. The van der Waals surface area contributed by atoms with Crippen molar-refractivity contribution in [2.45, 2.75) is 26.8 Å². The quantitative estimate of drug-likeness (QED) is 0.818. The molecule has 2 heterocycles. The second kappa shape index (κ2) is 8.86. The highest BCUT2D eigenvalue weighted by Gasteiger charge is 2.18. The molecule has 1 aromatic carbocycles. The molecule has 0 unspecified atom stereocenters. The van der Waals surface area contributed by atoms with Crippen molar-refractivity contribution in [1.29, 1.82) is 0 Å². The Balaban J connectivity index is 1.49. The van der Waals surface area contributed by atoms with E-state index < -0.39 is 0 Å². The van der Waals surface area contributed by atoms with Crippen LogP contribution < -0.4 is 5.32 Å². The fourth-order valence-corrected chi connectivity index (χ4v) is 3.42. The zero-order valence-electron chi connectivity index (χ0n) is 16.0. The van der Waals surface area contributed by atoms with Crippen molar-refractivity contribution < 1.29 is 0 Å². The fraction of sp³-hybridized carbons (Fsp3) is 0.409. The minimum atomic E-state index is 0.668. The summed E-state index contributed by atoms with van der Waals surface area (Å²) in [6.07, 6.45) is 4.84. The maximum atomic E-state index is 4.26. The molecule has 1 saturated heterocycles. The van der Waals surface area contributed by atoms with Gasteiger partial charge in [-0.1, -0.05) is 32.6 Å². The van der Waals surface area contributed by atoms with E-state index >= 15 is 0 Å². The minimum Gasteiger partial charge on any atom is -0.356 e. The number of hydrogen-bond donors (Lipinski definition) is 1. The van der Waals surface area contributed by atoms with E-state index in [4.69, 9.17) is 0 Å². The molecule has 1 aliphatic heterocycles. The third kappa shape index (κ3) is 5.33. The van der Waals surface area contributed by atoms with Crippen LogP contribution in [-0.2, 0) is 13.0 Å². The van der Waals surface area contributed by atoms with E-state index in [0.29, 0.717) is 5.92 Å². The van der Waals surface area contributed by atoms with Gasteiger partial charge in [0, 0.05) is 50.8 Å². The average molecular weight is 351 g/mol. The summed E-state index contributed by atoms with van der Waals surface area (Å²) in [5.41, 5.74) is 3.83. The van der Waals surface area contributed by atoms with Crippen molar-refractivity contribution in [2.75, 3.05) is 31.5 Å². The van der Waals surface area contributed by atoms with E-state index in [-0.39, 0.29) is 0 Å². The maximum Gasteiger partial charge on any atom is 0.0984 e. The van der Waals surface area contributed by atoms with Gasteiger partial charge in [0.2, 0.25) is 0 Å². The molecule has 2 aromatic rings. The molecule has 138 valence electrons. The van der Waals surface area contributed by atoms with Crippen LogP contribution in [0.2, 0.25) is 0 Å². The predicted molar refractivity (Wildman–Crippen MR) is 109 cm³/mol. The smallest absolute Gasteiger partial charge is 0.0984 e. The molecule has 0 spiro atoms. The molecule has 4 heteroatoms. The number of nitrogens with one attached hydrogen (secondary N) is 1. The number of aromatic nitrogens is 1. The molecule has 1 aliphatic rings. The Morgan fingerprint density at radius 1 is 1.08 bits per heavy atom. The highest BCUT2D eigenvalue weighted by atomic mass is 15.3. The summed E-state index contributed by atoms with van der Waals surface area (Å²) in [7, 11) is 0. The van der Waals surface area contributed by atoms with Crippen molar-refractivity contribution in [3.63, 3.8) is 0 Å². The van der Waals surface area contributed by atoms with E-state index in [1.165, 1.54) is 11.1 Å². The van der Waals surface area contributed by atoms with Gasteiger partial charge in [0.05, 0.1) is 5.82 Å². The van der Waals surface area contributed by atoms with Gasteiger partial charge in [-0.3, -0.25) is 9.88 Å². The van der Waals surface area contributed by atoms with Gasteiger partial charge < -0.3 is 10.2 Å². The standard InChI is InChI=1S/C22H30N4/c1-18(2)15-21-5-4-6-22(16-21)24-19(3)26-13-11-25(12-14-26)17-20-7-9-23-10-8-20/h4-10,16,18,24H,3,11-15,17H2,1-2H3. The summed E-state index contributed by atoms with van der Waals surface area (Å²) in [5.74, 6) is 1.66. The average Bonchev–Trinajstić information content (AvgIpc) is 2.63. The number of anilines is 1. The summed E-state index contributed by atoms with van der Waals surface area (Å²) in [4.78, 5) is 8.92. The second-order valence-corrected chi connectivity index (χ2v) is 7.49. The third-order valence-corrected chi connectivity index (χ3v) is 4.77. The summed E-state index contributed by atoms with van der Waals surface area (Å²) < 4.78 is 0. The lowest BCUT2D eigenvalue weighted by atomic mass is 10.0. The van der Waals surface area contributed by atoms with Gasteiger partial charge in [0.25, 0.3) is 0 Å². The van der Waals surface area contributed by atoms with Crippen molar-refractivity contribution in [1.82, 2.24) is 14.8 Å². The lowest BCUT2D eigenvalue weighted by Crippen LogP contribution is -2.46. The highest BCUT2D eigenvalue weighted by Crippen LogP contribution is 2.18. The fourth-order valence-electron chi connectivity index (χ4n) is 3.42. The molecular weight excluding hydrogens is 320 g/mol. The van der Waals surface area contributed by atoms with Crippen LogP contribution >= 0.6 is 0 Å². The third-order valence-electron chi connectivity index (χ3n) is 4.77. The highest BCUT2D eigenvalue weighted by molar-refractivity contribution is 5.49. The molecule has 26 heavy (non-hydrogen) atoms. The lowest BCUT2D eigenvalue weighted by Gasteiger charge is -2.37. The van der Waals surface area contributed by atoms with Crippen LogP contribution in [0.25, 0.3) is 0 Å². The summed E-state index contributed by atoms with van der Waals surface area (Å²) in [5, 5.41) is 3.49. The Morgan fingerprint density at radius 3 is 2.50 bits per heavy atom. The van der Waals surface area contributed by atoms with Crippen LogP contribution in [-0.4, -0.2) is 41.0 Å². The van der Waals surface area contributed by atoms with Crippen LogP contribution in [0.4, 0.5) is 5.69 Å². The monoisotopic (exact) mass is 350 g/mol. The van der Waals surface area contributed by atoms with Gasteiger partial charge >= 0.3 is 0 Å². The van der Waals surface area contributed by atoms with Gasteiger partial charge in [0.15, 0.2) is 0 Å². The predicted octanol–water partition coefficient (Wildman–Crippen LogP) is 3.98. The van der Waals surface area contributed by atoms with E-state index in [1.807, 2.05) is 12.4 Å².